The monoisotopic (exact) mass is 434 g/mol. The van der Waals surface area contributed by atoms with Crippen LogP contribution in [0.3, 0.4) is 0 Å². The van der Waals surface area contributed by atoms with E-state index in [-0.39, 0.29) is 0 Å². The molecule has 1 aliphatic heterocycles. The highest BCUT2D eigenvalue weighted by Gasteiger charge is 2.20. The number of benzene rings is 2. The molecule has 0 bridgehead atoms. The van der Waals surface area contributed by atoms with Crippen molar-refractivity contribution >= 4 is 33.5 Å². The molecule has 5 rings (SSSR count). The fourth-order valence-corrected chi connectivity index (χ4v) is 4.86. The van der Waals surface area contributed by atoms with Crippen molar-refractivity contribution in [3.05, 3.63) is 53.2 Å². The van der Waals surface area contributed by atoms with Crippen LogP contribution in [0.25, 0.3) is 33.3 Å². The minimum absolute atomic E-state index is 0.701. The molecule has 2 aromatic carbocycles. The fraction of sp³-hybridized carbons (Fsp3) is 0.360. The Balaban J connectivity index is 1.70. The lowest BCUT2D eigenvalue weighted by molar-refractivity contribution is 0.340. The Morgan fingerprint density at radius 3 is 2.77 bits per heavy atom. The van der Waals surface area contributed by atoms with Crippen LogP contribution in [0.1, 0.15) is 25.0 Å². The molecular weight excluding hydrogens is 408 g/mol. The van der Waals surface area contributed by atoms with Crippen LogP contribution < -0.4 is 10.1 Å². The summed E-state index contributed by atoms with van der Waals surface area (Å²) in [6.45, 7) is 5.18. The van der Waals surface area contributed by atoms with E-state index in [9.17, 15) is 0 Å². The van der Waals surface area contributed by atoms with Crippen molar-refractivity contribution in [2.24, 2.45) is 5.92 Å². The lowest BCUT2D eigenvalue weighted by Crippen LogP contribution is -2.28. The summed E-state index contributed by atoms with van der Waals surface area (Å²) < 4.78 is 7.87. The summed E-state index contributed by atoms with van der Waals surface area (Å²) in [4.78, 5) is 9.90. The van der Waals surface area contributed by atoms with Gasteiger partial charge in [0.25, 0.3) is 0 Å². The van der Waals surface area contributed by atoms with Crippen LogP contribution in [0.4, 0.5) is 0 Å². The average molecular weight is 435 g/mol. The molecule has 160 valence electrons. The summed E-state index contributed by atoms with van der Waals surface area (Å²) in [6, 6.07) is 14.1. The predicted octanol–water partition coefficient (Wildman–Crippen LogP) is 5.61. The van der Waals surface area contributed by atoms with Crippen molar-refractivity contribution in [3.8, 4) is 17.1 Å². The van der Waals surface area contributed by atoms with Gasteiger partial charge in [-0.1, -0.05) is 23.7 Å². The number of halogens is 1. The second-order valence-electron chi connectivity index (χ2n) is 8.36. The number of ether oxygens (including phenoxy) is 1. The smallest absolute Gasteiger partial charge is 0.141 e. The first-order valence-corrected chi connectivity index (χ1v) is 11.3. The first-order valence-electron chi connectivity index (χ1n) is 11.0. The summed E-state index contributed by atoms with van der Waals surface area (Å²) in [6.07, 6.45) is 3.61. The van der Waals surface area contributed by atoms with Crippen LogP contribution in [-0.2, 0) is 6.54 Å². The zero-order valence-corrected chi connectivity index (χ0v) is 18.7. The van der Waals surface area contributed by atoms with Crippen molar-refractivity contribution < 1.29 is 4.74 Å². The predicted molar refractivity (Wildman–Crippen MR) is 127 cm³/mol. The van der Waals surface area contributed by atoms with E-state index in [1.807, 2.05) is 31.2 Å². The number of methoxy groups -OCH3 is 1. The van der Waals surface area contributed by atoms with Crippen LogP contribution in [-0.4, -0.2) is 34.7 Å². The Labute approximate surface area is 187 Å². The molecule has 1 aliphatic rings. The topological polar surface area (TPSA) is 52.0 Å². The van der Waals surface area contributed by atoms with Gasteiger partial charge >= 0.3 is 0 Å². The van der Waals surface area contributed by atoms with E-state index in [1.165, 1.54) is 12.8 Å². The molecule has 1 N–H and O–H groups in total. The molecule has 0 spiro atoms. The average Bonchev–Trinajstić information content (AvgIpc) is 3.18. The summed E-state index contributed by atoms with van der Waals surface area (Å²) in [5.74, 6) is 2.54. The number of nitrogens with zero attached hydrogens (tertiary/aromatic N) is 3. The van der Waals surface area contributed by atoms with Crippen LogP contribution in [0.5, 0.6) is 5.75 Å². The number of hydrogen-bond acceptors (Lipinski definition) is 4. The number of hydrogen-bond donors (Lipinski definition) is 1. The number of aryl methyl sites for hydroxylation is 2. The quantitative estimate of drug-likeness (QED) is 0.443. The Bertz CT molecular complexity index is 1240. The van der Waals surface area contributed by atoms with Crippen LogP contribution in [0, 0.1) is 12.8 Å². The van der Waals surface area contributed by atoms with Crippen LogP contribution >= 0.6 is 11.6 Å². The maximum absolute atomic E-state index is 6.28. The van der Waals surface area contributed by atoms with Crippen molar-refractivity contribution in [1.82, 2.24) is 19.9 Å². The molecule has 2 aromatic heterocycles. The molecule has 6 heteroatoms. The highest BCUT2D eigenvalue weighted by molar-refractivity contribution is 6.31. The Kier molecular flexibility index (Phi) is 5.55. The van der Waals surface area contributed by atoms with E-state index in [4.69, 9.17) is 26.3 Å². The zero-order valence-electron chi connectivity index (χ0n) is 18.0. The van der Waals surface area contributed by atoms with E-state index < -0.39 is 0 Å². The molecule has 0 saturated carbocycles. The van der Waals surface area contributed by atoms with Crippen LogP contribution in [0.2, 0.25) is 5.02 Å². The van der Waals surface area contributed by atoms with Gasteiger partial charge in [-0.05, 0) is 75.5 Å². The largest absolute Gasteiger partial charge is 0.497 e. The molecule has 0 amide bonds. The van der Waals surface area contributed by atoms with Gasteiger partial charge in [-0.2, -0.15) is 0 Å². The molecule has 4 aromatic rings. The molecule has 0 radical (unpaired) electrons. The van der Waals surface area contributed by atoms with E-state index in [0.717, 1.165) is 76.7 Å². The van der Waals surface area contributed by atoms with Gasteiger partial charge < -0.3 is 14.6 Å². The second-order valence-corrected chi connectivity index (χ2v) is 8.79. The van der Waals surface area contributed by atoms with Gasteiger partial charge in [0.1, 0.15) is 17.1 Å². The van der Waals surface area contributed by atoms with Gasteiger partial charge in [0.05, 0.1) is 23.8 Å². The first kappa shape index (κ1) is 20.3. The molecule has 1 saturated heterocycles. The Morgan fingerprint density at radius 2 is 1.97 bits per heavy atom. The molecule has 0 aliphatic carbocycles. The lowest BCUT2D eigenvalue weighted by Gasteiger charge is -2.23. The number of fused-ring (bicyclic) bond motifs is 3. The van der Waals surface area contributed by atoms with E-state index >= 15 is 0 Å². The molecular formula is C25H27ClN4O. The Hall–Kier alpha value is -2.63. The minimum Gasteiger partial charge on any atom is -0.497 e. The maximum Gasteiger partial charge on any atom is 0.141 e. The molecule has 5 nitrogen and oxygen atoms in total. The van der Waals surface area contributed by atoms with Gasteiger partial charge in [0.15, 0.2) is 0 Å². The molecule has 0 unspecified atom stereocenters. The van der Waals surface area contributed by atoms with Crippen LogP contribution in [0.15, 0.2) is 42.5 Å². The van der Waals surface area contributed by atoms with E-state index in [2.05, 4.69) is 28.1 Å². The number of nitrogens with one attached hydrogen (secondary N) is 1. The third kappa shape index (κ3) is 3.88. The molecule has 1 fully saturated rings. The van der Waals surface area contributed by atoms with Crippen molar-refractivity contribution in [1.29, 1.82) is 0 Å². The number of rotatable bonds is 5. The van der Waals surface area contributed by atoms with Gasteiger partial charge in [0, 0.05) is 22.5 Å². The highest BCUT2D eigenvalue weighted by atomic mass is 35.5. The third-order valence-corrected chi connectivity index (χ3v) is 6.60. The lowest BCUT2D eigenvalue weighted by atomic mass is 9.94. The number of pyridine rings is 1. The third-order valence-electron chi connectivity index (χ3n) is 6.36. The zero-order chi connectivity index (χ0) is 21.4. The summed E-state index contributed by atoms with van der Waals surface area (Å²) in [5.41, 5.74) is 5.00. The minimum atomic E-state index is 0.701. The van der Waals surface area contributed by atoms with Gasteiger partial charge in [-0.15, -0.1) is 0 Å². The standard InChI is InChI=1S/C25H27ClN4O/c1-16-23-24(21-7-6-19(26)15-22(21)28-16)30(13-10-17-8-11-27-12-9-17)25(29-23)18-4-3-5-20(14-18)31-2/h3-7,14-15,17,27H,8-13H2,1-2H3. The molecule has 31 heavy (non-hydrogen) atoms. The number of aromatic nitrogens is 3. The first-order chi connectivity index (χ1) is 15.1. The number of piperidine rings is 1. The normalized spacial score (nSPS) is 15.1. The SMILES string of the molecule is COc1cccc(-c2nc3c(C)nc4cc(Cl)ccc4c3n2CCC2CCNCC2)c1. The maximum atomic E-state index is 6.28. The second kappa shape index (κ2) is 8.48. The fourth-order valence-electron chi connectivity index (χ4n) is 4.69. The molecule has 3 heterocycles. The van der Waals surface area contributed by atoms with Crippen molar-refractivity contribution in [2.75, 3.05) is 20.2 Å². The number of imidazole rings is 1. The summed E-state index contributed by atoms with van der Waals surface area (Å²) in [5, 5.41) is 5.27. The van der Waals surface area contributed by atoms with Gasteiger partial charge in [0.2, 0.25) is 0 Å². The van der Waals surface area contributed by atoms with Gasteiger partial charge in [-0.25, -0.2) is 4.98 Å². The summed E-state index contributed by atoms with van der Waals surface area (Å²) >= 11 is 6.28. The van der Waals surface area contributed by atoms with Gasteiger partial charge in [-0.3, -0.25) is 4.98 Å². The van der Waals surface area contributed by atoms with E-state index in [1.54, 1.807) is 7.11 Å². The van der Waals surface area contributed by atoms with Crippen molar-refractivity contribution in [3.63, 3.8) is 0 Å². The molecule has 0 atom stereocenters. The summed E-state index contributed by atoms with van der Waals surface area (Å²) in [7, 11) is 1.70. The van der Waals surface area contributed by atoms with Crippen molar-refractivity contribution in [2.45, 2.75) is 32.7 Å². The Morgan fingerprint density at radius 1 is 1.13 bits per heavy atom. The highest BCUT2D eigenvalue weighted by Crippen LogP contribution is 2.34. The van der Waals surface area contributed by atoms with E-state index in [0.29, 0.717) is 5.02 Å².